The highest BCUT2D eigenvalue weighted by Gasteiger charge is 2.06. The van der Waals surface area contributed by atoms with Crippen LogP contribution in [0.5, 0.6) is 0 Å². The SMILES string of the molecule is NS(=O)(=O)c1ccc(NS(=O)O)cc1. The molecule has 4 N–H and O–H groups in total. The van der Waals surface area contributed by atoms with Crippen LogP contribution in [0.1, 0.15) is 0 Å². The van der Waals surface area contributed by atoms with Crippen molar-refractivity contribution >= 4 is 27.0 Å². The van der Waals surface area contributed by atoms with E-state index in [4.69, 9.17) is 9.69 Å². The van der Waals surface area contributed by atoms with E-state index in [1.807, 2.05) is 0 Å². The maximum Gasteiger partial charge on any atom is 0.259 e. The van der Waals surface area contributed by atoms with Gasteiger partial charge in [-0.15, -0.1) is 0 Å². The van der Waals surface area contributed by atoms with Gasteiger partial charge in [0.05, 0.1) is 4.90 Å². The van der Waals surface area contributed by atoms with Crippen LogP contribution in [0.15, 0.2) is 29.2 Å². The Kier molecular flexibility index (Phi) is 3.21. The Balaban J connectivity index is 2.95. The second kappa shape index (κ2) is 4.05. The fraction of sp³-hybridized carbons (Fsp3) is 0. The third kappa shape index (κ3) is 3.07. The first-order chi connectivity index (χ1) is 6.39. The predicted molar refractivity (Wildman–Crippen MR) is 52.2 cm³/mol. The molecule has 1 unspecified atom stereocenters. The highest BCUT2D eigenvalue weighted by Crippen LogP contribution is 2.12. The average Bonchev–Trinajstić information content (AvgIpc) is 2.02. The molecule has 0 saturated heterocycles. The number of anilines is 1. The lowest BCUT2D eigenvalue weighted by Crippen LogP contribution is -2.12. The van der Waals surface area contributed by atoms with Gasteiger partial charge in [0.1, 0.15) is 0 Å². The molecule has 1 aromatic rings. The monoisotopic (exact) mass is 236 g/mol. The Hall–Kier alpha value is -0.960. The van der Waals surface area contributed by atoms with Gasteiger partial charge < -0.3 is 0 Å². The lowest BCUT2D eigenvalue weighted by Gasteiger charge is -2.01. The van der Waals surface area contributed by atoms with Gasteiger partial charge in [0, 0.05) is 5.69 Å². The molecule has 0 aromatic heterocycles. The van der Waals surface area contributed by atoms with Gasteiger partial charge in [-0.3, -0.25) is 9.27 Å². The first-order valence-electron chi connectivity index (χ1n) is 3.40. The molecular formula is C6H8N2O4S2. The summed E-state index contributed by atoms with van der Waals surface area (Å²) in [4.78, 5) is -0.0493. The van der Waals surface area contributed by atoms with Crippen LogP contribution >= 0.6 is 0 Å². The molecule has 1 aromatic carbocycles. The van der Waals surface area contributed by atoms with E-state index < -0.39 is 21.3 Å². The van der Waals surface area contributed by atoms with Crippen molar-refractivity contribution < 1.29 is 17.2 Å². The van der Waals surface area contributed by atoms with Gasteiger partial charge in [0.2, 0.25) is 10.0 Å². The summed E-state index contributed by atoms with van der Waals surface area (Å²) in [6.07, 6.45) is 0. The molecular weight excluding hydrogens is 228 g/mol. The Labute approximate surface area is 83.6 Å². The van der Waals surface area contributed by atoms with Gasteiger partial charge in [-0.2, -0.15) is 0 Å². The van der Waals surface area contributed by atoms with Crippen LogP contribution in [0, 0.1) is 0 Å². The first kappa shape index (κ1) is 11.1. The van der Waals surface area contributed by atoms with E-state index in [2.05, 4.69) is 4.72 Å². The molecule has 78 valence electrons. The van der Waals surface area contributed by atoms with Crippen LogP contribution in [0.25, 0.3) is 0 Å². The van der Waals surface area contributed by atoms with E-state index in [0.29, 0.717) is 5.69 Å². The van der Waals surface area contributed by atoms with Crippen molar-refractivity contribution in [2.75, 3.05) is 4.72 Å². The molecule has 0 aliphatic rings. The van der Waals surface area contributed by atoms with Crippen molar-refractivity contribution in [3.63, 3.8) is 0 Å². The van der Waals surface area contributed by atoms with Gasteiger partial charge in [-0.1, -0.05) is 0 Å². The van der Waals surface area contributed by atoms with E-state index in [9.17, 15) is 12.6 Å². The van der Waals surface area contributed by atoms with Crippen LogP contribution in [0.4, 0.5) is 5.69 Å². The van der Waals surface area contributed by atoms with E-state index in [1.54, 1.807) is 0 Å². The molecule has 0 spiro atoms. The fourth-order valence-electron chi connectivity index (χ4n) is 0.813. The molecule has 1 rings (SSSR count). The maximum absolute atomic E-state index is 10.8. The largest absolute Gasteiger partial charge is 0.289 e. The van der Waals surface area contributed by atoms with Crippen LogP contribution in [-0.4, -0.2) is 17.2 Å². The number of nitrogens with one attached hydrogen (secondary N) is 1. The molecule has 0 amide bonds. The van der Waals surface area contributed by atoms with Crippen molar-refractivity contribution in [1.82, 2.24) is 0 Å². The van der Waals surface area contributed by atoms with Gasteiger partial charge in [-0.05, 0) is 24.3 Å². The Bertz CT molecular complexity index is 439. The smallest absolute Gasteiger partial charge is 0.259 e. The van der Waals surface area contributed by atoms with Crippen LogP contribution < -0.4 is 9.86 Å². The Morgan fingerprint density at radius 2 is 1.79 bits per heavy atom. The van der Waals surface area contributed by atoms with Crippen LogP contribution in [-0.2, 0) is 21.3 Å². The van der Waals surface area contributed by atoms with E-state index in [1.165, 1.54) is 24.3 Å². The summed E-state index contributed by atoms with van der Waals surface area (Å²) in [6, 6.07) is 5.16. The van der Waals surface area contributed by atoms with Gasteiger partial charge >= 0.3 is 0 Å². The molecule has 14 heavy (non-hydrogen) atoms. The van der Waals surface area contributed by atoms with Crippen LogP contribution in [0.2, 0.25) is 0 Å². The summed E-state index contributed by atoms with van der Waals surface area (Å²) in [5.41, 5.74) is 0.332. The zero-order valence-electron chi connectivity index (χ0n) is 6.88. The third-order valence-electron chi connectivity index (χ3n) is 1.39. The van der Waals surface area contributed by atoms with Gasteiger partial charge in [0.25, 0.3) is 11.3 Å². The number of hydrogen-bond donors (Lipinski definition) is 3. The lowest BCUT2D eigenvalue weighted by molar-refractivity contribution is 0.570. The van der Waals surface area contributed by atoms with Gasteiger partial charge in [0.15, 0.2) is 0 Å². The number of nitrogens with two attached hydrogens (primary N) is 1. The topological polar surface area (TPSA) is 109 Å². The molecule has 0 aliphatic carbocycles. The molecule has 0 radical (unpaired) electrons. The second-order valence-electron chi connectivity index (χ2n) is 2.42. The summed E-state index contributed by atoms with van der Waals surface area (Å²) in [5, 5.41) is 4.85. The van der Waals surface area contributed by atoms with Gasteiger partial charge in [-0.25, -0.2) is 17.8 Å². The minimum Gasteiger partial charge on any atom is -0.289 e. The van der Waals surface area contributed by atoms with Crippen LogP contribution in [0.3, 0.4) is 0 Å². The maximum atomic E-state index is 10.8. The van der Waals surface area contributed by atoms with Crippen molar-refractivity contribution in [3.05, 3.63) is 24.3 Å². The summed E-state index contributed by atoms with van der Waals surface area (Å²) in [6.45, 7) is 0. The zero-order chi connectivity index (χ0) is 10.8. The highest BCUT2D eigenvalue weighted by atomic mass is 32.2. The van der Waals surface area contributed by atoms with E-state index >= 15 is 0 Å². The third-order valence-corrected chi connectivity index (χ3v) is 2.73. The highest BCUT2D eigenvalue weighted by molar-refractivity contribution is 7.89. The molecule has 6 nitrogen and oxygen atoms in total. The molecule has 0 saturated carbocycles. The quantitative estimate of drug-likeness (QED) is 0.635. The molecule has 0 bridgehead atoms. The summed E-state index contributed by atoms with van der Waals surface area (Å²) >= 11 is -2.18. The Morgan fingerprint density at radius 1 is 1.29 bits per heavy atom. The molecule has 1 atom stereocenters. The minimum atomic E-state index is -3.71. The van der Waals surface area contributed by atoms with Crippen molar-refractivity contribution in [1.29, 1.82) is 0 Å². The number of sulfonamides is 1. The zero-order valence-corrected chi connectivity index (χ0v) is 8.51. The number of primary sulfonamides is 1. The second-order valence-corrected chi connectivity index (χ2v) is 4.68. The van der Waals surface area contributed by atoms with Crippen molar-refractivity contribution in [2.24, 2.45) is 5.14 Å². The number of hydrogen-bond acceptors (Lipinski definition) is 3. The molecule has 0 fully saturated rings. The van der Waals surface area contributed by atoms with Crippen molar-refractivity contribution in [2.45, 2.75) is 4.90 Å². The fourth-order valence-corrected chi connectivity index (χ4v) is 1.67. The molecule has 0 aliphatic heterocycles. The lowest BCUT2D eigenvalue weighted by atomic mass is 10.3. The normalized spacial score (nSPS) is 13.6. The molecule has 8 heteroatoms. The summed E-state index contributed by atoms with van der Waals surface area (Å²) in [5.74, 6) is 0. The first-order valence-corrected chi connectivity index (χ1v) is 6.05. The van der Waals surface area contributed by atoms with E-state index in [-0.39, 0.29) is 4.90 Å². The summed E-state index contributed by atoms with van der Waals surface area (Å²) in [7, 11) is -3.71. The molecule has 0 heterocycles. The number of rotatable bonds is 3. The standard InChI is InChI=1S/C6H8N2O4S2/c7-14(11,12)6-3-1-5(2-4-6)8-13(9)10/h1-4,8H,(H,9,10)(H2,7,11,12). The number of benzene rings is 1. The minimum absolute atomic E-state index is 0.0493. The predicted octanol–water partition coefficient (Wildman–Crippen LogP) is -0.117. The van der Waals surface area contributed by atoms with E-state index in [0.717, 1.165) is 0 Å². The summed E-state index contributed by atoms with van der Waals surface area (Å²) < 4.78 is 42.6. The Morgan fingerprint density at radius 3 is 2.14 bits per heavy atom. The van der Waals surface area contributed by atoms with Crippen molar-refractivity contribution in [3.8, 4) is 0 Å². The average molecular weight is 236 g/mol.